The smallest absolute Gasteiger partial charge is 0.161 e. The fraction of sp³-hybridized carbons (Fsp3) is 0.312. The van der Waals surface area contributed by atoms with Gasteiger partial charge in [-0.2, -0.15) is 0 Å². The van der Waals surface area contributed by atoms with Crippen molar-refractivity contribution in [2.75, 3.05) is 20.8 Å². The lowest BCUT2D eigenvalue weighted by Gasteiger charge is -2.12. The summed E-state index contributed by atoms with van der Waals surface area (Å²) in [6, 6.07) is 11.9. The van der Waals surface area contributed by atoms with Crippen molar-refractivity contribution < 1.29 is 9.47 Å². The standard InChI is InChI=1S/C16H20N2O2/c1-17-12-13-6-7-15(16(11-13)19-2)20-10-8-14-5-3-4-9-18-14/h3-7,9,11,17H,8,10,12H2,1-2H3. The summed E-state index contributed by atoms with van der Waals surface area (Å²) in [6.07, 6.45) is 2.57. The molecule has 0 fully saturated rings. The van der Waals surface area contributed by atoms with Crippen molar-refractivity contribution in [2.45, 2.75) is 13.0 Å². The van der Waals surface area contributed by atoms with Gasteiger partial charge in [0.25, 0.3) is 0 Å². The van der Waals surface area contributed by atoms with Crippen LogP contribution in [0.25, 0.3) is 0 Å². The molecule has 0 aliphatic heterocycles. The molecule has 2 rings (SSSR count). The zero-order valence-electron chi connectivity index (χ0n) is 11.9. The summed E-state index contributed by atoms with van der Waals surface area (Å²) in [5.41, 5.74) is 2.19. The van der Waals surface area contributed by atoms with Gasteiger partial charge >= 0.3 is 0 Å². The molecule has 1 aromatic heterocycles. The monoisotopic (exact) mass is 272 g/mol. The van der Waals surface area contributed by atoms with E-state index in [0.717, 1.165) is 30.2 Å². The quantitative estimate of drug-likeness (QED) is 0.840. The number of nitrogens with zero attached hydrogens (tertiary/aromatic N) is 1. The minimum Gasteiger partial charge on any atom is -0.493 e. The molecule has 4 nitrogen and oxygen atoms in total. The maximum Gasteiger partial charge on any atom is 0.161 e. The van der Waals surface area contributed by atoms with Crippen molar-refractivity contribution in [3.8, 4) is 11.5 Å². The molecule has 1 heterocycles. The van der Waals surface area contributed by atoms with Gasteiger partial charge in [-0.3, -0.25) is 4.98 Å². The second-order valence-corrected chi connectivity index (χ2v) is 4.44. The predicted octanol–water partition coefficient (Wildman–Crippen LogP) is 2.43. The van der Waals surface area contributed by atoms with Crippen molar-refractivity contribution in [3.63, 3.8) is 0 Å². The maximum absolute atomic E-state index is 5.78. The molecule has 0 aliphatic rings. The van der Waals surface area contributed by atoms with Gasteiger partial charge in [0.1, 0.15) is 0 Å². The summed E-state index contributed by atoms with van der Waals surface area (Å²) < 4.78 is 11.1. The van der Waals surface area contributed by atoms with Gasteiger partial charge in [-0.25, -0.2) is 0 Å². The Labute approximate surface area is 119 Å². The van der Waals surface area contributed by atoms with Crippen LogP contribution in [-0.4, -0.2) is 25.7 Å². The molecule has 0 amide bonds. The fourth-order valence-electron chi connectivity index (χ4n) is 1.96. The topological polar surface area (TPSA) is 43.4 Å². The highest BCUT2D eigenvalue weighted by Gasteiger charge is 2.05. The van der Waals surface area contributed by atoms with Crippen molar-refractivity contribution in [1.29, 1.82) is 0 Å². The van der Waals surface area contributed by atoms with Crippen molar-refractivity contribution in [1.82, 2.24) is 10.3 Å². The van der Waals surface area contributed by atoms with Crippen LogP contribution in [0.2, 0.25) is 0 Å². The Hall–Kier alpha value is -2.07. The summed E-state index contributed by atoms with van der Waals surface area (Å²) in [7, 11) is 3.58. The van der Waals surface area contributed by atoms with Gasteiger partial charge in [0.05, 0.1) is 13.7 Å². The van der Waals surface area contributed by atoms with Gasteiger partial charge in [-0.15, -0.1) is 0 Å². The third kappa shape index (κ3) is 3.96. The molecule has 0 spiro atoms. The number of ether oxygens (including phenoxy) is 2. The Morgan fingerprint density at radius 2 is 2.05 bits per heavy atom. The summed E-state index contributed by atoms with van der Waals surface area (Å²) >= 11 is 0. The van der Waals surface area contributed by atoms with Crippen LogP contribution in [0.5, 0.6) is 11.5 Å². The van der Waals surface area contributed by atoms with E-state index in [1.54, 1.807) is 13.3 Å². The zero-order valence-corrected chi connectivity index (χ0v) is 11.9. The third-order valence-electron chi connectivity index (χ3n) is 2.95. The van der Waals surface area contributed by atoms with Crippen LogP contribution in [0.3, 0.4) is 0 Å². The van der Waals surface area contributed by atoms with Gasteiger partial charge < -0.3 is 14.8 Å². The van der Waals surface area contributed by atoms with Crippen molar-refractivity contribution in [3.05, 3.63) is 53.9 Å². The minimum atomic E-state index is 0.582. The van der Waals surface area contributed by atoms with Gasteiger partial charge in [-0.1, -0.05) is 12.1 Å². The molecule has 0 aliphatic carbocycles. The largest absolute Gasteiger partial charge is 0.493 e. The molecule has 1 N–H and O–H groups in total. The molecule has 1 aromatic carbocycles. The summed E-state index contributed by atoms with van der Waals surface area (Å²) in [5, 5.41) is 3.11. The van der Waals surface area contributed by atoms with E-state index in [9.17, 15) is 0 Å². The molecule has 20 heavy (non-hydrogen) atoms. The summed E-state index contributed by atoms with van der Waals surface area (Å²) in [6.45, 7) is 1.39. The summed E-state index contributed by atoms with van der Waals surface area (Å²) in [5.74, 6) is 1.53. The maximum atomic E-state index is 5.78. The lowest BCUT2D eigenvalue weighted by molar-refractivity contribution is 0.296. The van der Waals surface area contributed by atoms with E-state index in [1.165, 1.54) is 5.56 Å². The number of pyridine rings is 1. The van der Waals surface area contributed by atoms with E-state index in [2.05, 4.69) is 10.3 Å². The van der Waals surface area contributed by atoms with Crippen LogP contribution in [0.1, 0.15) is 11.3 Å². The molecule has 0 atom stereocenters. The number of hydrogen-bond acceptors (Lipinski definition) is 4. The van der Waals surface area contributed by atoms with Crippen LogP contribution in [0.4, 0.5) is 0 Å². The molecule has 0 bridgehead atoms. The second-order valence-electron chi connectivity index (χ2n) is 4.44. The molecule has 0 radical (unpaired) electrons. The SMILES string of the molecule is CNCc1ccc(OCCc2ccccn2)c(OC)c1. The van der Waals surface area contributed by atoms with Crippen molar-refractivity contribution >= 4 is 0 Å². The van der Waals surface area contributed by atoms with E-state index >= 15 is 0 Å². The number of benzene rings is 1. The van der Waals surface area contributed by atoms with Crippen LogP contribution in [0, 0.1) is 0 Å². The average Bonchev–Trinajstić information content (AvgIpc) is 2.50. The van der Waals surface area contributed by atoms with Crippen molar-refractivity contribution in [2.24, 2.45) is 0 Å². The first-order valence-corrected chi connectivity index (χ1v) is 6.67. The lowest BCUT2D eigenvalue weighted by atomic mass is 10.2. The third-order valence-corrected chi connectivity index (χ3v) is 2.95. The van der Waals surface area contributed by atoms with Crippen LogP contribution in [-0.2, 0) is 13.0 Å². The van der Waals surface area contributed by atoms with E-state index in [1.807, 2.05) is 43.4 Å². The predicted molar refractivity (Wildman–Crippen MR) is 79.2 cm³/mol. The number of methoxy groups -OCH3 is 1. The molecule has 0 saturated carbocycles. The first-order valence-electron chi connectivity index (χ1n) is 6.67. The highest BCUT2D eigenvalue weighted by molar-refractivity contribution is 5.42. The second kappa shape index (κ2) is 7.50. The van der Waals surface area contributed by atoms with Crippen LogP contribution < -0.4 is 14.8 Å². The molecule has 0 unspecified atom stereocenters. The first kappa shape index (κ1) is 14.3. The minimum absolute atomic E-state index is 0.582. The Kier molecular flexibility index (Phi) is 5.38. The lowest BCUT2D eigenvalue weighted by Crippen LogP contribution is -2.06. The molecule has 2 aromatic rings. The van der Waals surface area contributed by atoms with Gasteiger partial charge in [-0.05, 0) is 36.9 Å². The fourth-order valence-corrected chi connectivity index (χ4v) is 1.96. The number of rotatable bonds is 7. The molecular weight excluding hydrogens is 252 g/mol. The number of hydrogen-bond donors (Lipinski definition) is 1. The molecular formula is C16H20N2O2. The highest BCUT2D eigenvalue weighted by atomic mass is 16.5. The number of nitrogens with one attached hydrogen (secondary N) is 1. The first-order chi connectivity index (χ1) is 9.83. The van der Waals surface area contributed by atoms with E-state index in [0.29, 0.717) is 6.61 Å². The molecule has 0 saturated heterocycles. The molecule has 106 valence electrons. The Bertz CT molecular complexity index is 529. The van der Waals surface area contributed by atoms with Gasteiger partial charge in [0, 0.05) is 24.9 Å². The van der Waals surface area contributed by atoms with Gasteiger partial charge in [0.15, 0.2) is 11.5 Å². The number of aromatic nitrogens is 1. The normalized spacial score (nSPS) is 10.3. The Morgan fingerprint density at radius 1 is 1.15 bits per heavy atom. The van der Waals surface area contributed by atoms with E-state index in [4.69, 9.17) is 9.47 Å². The summed E-state index contributed by atoms with van der Waals surface area (Å²) in [4.78, 5) is 4.27. The van der Waals surface area contributed by atoms with E-state index in [-0.39, 0.29) is 0 Å². The average molecular weight is 272 g/mol. The zero-order chi connectivity index (χ0) is 14.2. The van der Waals surface area contributed by atoms with E-state index < -0.39 is 0 Å². The van der Waals surface area contributed by atoms with Crippen LogP contribution >= 0.6 is 0 Å². The molecule has 4 heteroatoms. The van der Waals surface area contributed by atoms with Gasteiger partial charge in [0.2, 0.25) is 0 Å². The Morgan fingerprint density at radius 3 is 2.75 bits per heavy atom. The Balaban J connectivity index is 1.95. The highest BCUT2D eigenvalue weighted by Crippen LogP contribution is 2.28. The van der Waals surface area contributed by atoms with Crippen LogP contribution in [0.15, 0.2) is 42.6 Å².